The van der Waals surface area contributed by atoms with Crippen molar-refractivity contribution >= 4 is 40.0 Å². The summed E-state index contributed by atoms with van der Waals surface area (Å²) in [4.78, 5) is 32.6. The Morgan fingerprint density at radius 3 is 2.56 bits per heavy atom. The van der Waals surface area contributed by atoms with Gasteiger partial charge in [0.15, 0.2) is 17.3 Å². The predicted molar refractivity (Wildman–Crippen MR) is 130 cm³/mol. The van der Waals surface area contributed by atoms with Crippen LogP contribution in [-0.2, 0) is 11.8 Å². The number of pyridine rings is 1. The number of ether oxygens (including phenoxy) is 1. The van der Waals surface area contributed by atoms with E-state index < -0.39 is 5.91 Å². The lowest BCUT2D eigenvalue weighted by molar-refractivity contribution is 0.0996. The first-order chi connectivity index (χ1) is 16.5. The number of hydrogen-bond acceptors (Lipinski definition) is 9. The van der Waals surface area contributed by atoms with Crippen LogP contribution in [0.3, 0.4) is 0 Å². The minimum absolute atomic E-state index is 0.0270. The molecule has 0 unspecified atom stereocenters. The molecule has 11 nitrogen and oxygen atoms in total. The molecule has 0 radical (unpaired) electrons. The standard InChI is InChI=1S/C23H25N9O2/c1-25-22-19(16-11-26-12-17-18(16)27-13-31(17)2)29-20(21(24)33)23(30-22)28-14-3-5-15(6-4-14)32-7-9-34-10-8-32/h3-6,11-13H,7-10H2,1-2H3,(H2,24,33)(H2,25,28,30). The highest BCUT2D eigenvalue weighted by Gasteiger charge is 2.21. The van der Waals surface area contributed by atoms with Crippen LogP contribution in [-0.4, -0.2) is 63.8 Å². The number of primary amides is 1. The number of nitrogens with zero attached hydrogens (tertiary/aromatic N) is 6. The van der Waals surface area contributed by atoms with Gasteiger partial charge in [-0.1, -0.05) is 0 Å². The van der Waals surface area contributed by atoms with E-state index in [1.165, 1.54) is 0 Å². The first-order valence-electron chi connectivity index (χ1n) is 10.9. The topological polar surface area (TPSA) is 136 Å². The molecule has 1 aliphatic rings. The van der Waals surface area contributed by atoms with E-state index in [-0.39, 0.29) is 11.5 Å². The molecule has 4 N–H and O–H groups in total. The molecule has 1 aliphatic heterocycles. The molecule has 1 amide bonds. The molecule has 11 heteroatoms. The van der Waals surface area contributed by atoms with Crippen LogP contribution in [0.25, 0.3) is 22.3 Å². The summed E-state index contributed by atoms with van der Waals surface area (Å²) in [5.74, 6) is 0.0447. The van der Waals surface area contributed by atoms with Crippen LogP contribution in [0.2, 0.25) is 0 Å². The lowest BCUT2D eigenvalue weighted by atomic mass is 10.1. The molecule has 34 heavy (non-hydrogen) atoms. The Labute approximate surface area is 196 Å². The van der Waals surface area contributed by atoms with Crippen molar-refractivity contribution in [2.45, 2.75) is 0 Å². The number of carbonyl (C=O) groups is 1. The van der Waals surface area contributed by atoms with Gasteiger partial charge in [-0.25, -0.2) is 15.0 Å². The Balaban J connectivity index is 1.51. The second-order valence-corrected chi connectivity index (χ2v) is 7.91. The van der Waals surface area contributed by atoms with Gasteiger partial charge in [0.05, 0.1) is 36.8 Å². The van der Waals surface area contributed by atoms with Crippen molar-refractivity contribution in [2.24, 2.45) is 12.8 Å². The van der Waals surface area contributed by atoms with Crippen molar-refractivity contribution in [3.05, 3.63) is 48.7 Å². The van der Waals surface area contributed by atoms with Crippen molar-refractivity contribution in [1.82, 2.24) is 24.5 Å². The summed E-state index contributed by atoms with van der Waals surface area (Å²) in [7, 11) is 3.63. The largest absolute Gasteiger partial charge is 0.378 e. The van der Waals surface area contributed by atoms with Gasteiger partial charge in [0.2, 0.25) is 0 Å². The number of nitrogens with two attached hydrogens (primary N) is 1. The number of aromatic nitrogens is 5. The second-order valence-electron chi connectivity index (χ2n) is 7.91. The quantitative estimate of drug-likeness (QED) is 0.396. The maximum absolute atomic E-state index is 12.3. The summed E-state index contributed by atoms with van der Waals surface area (Å²) in [6.45, 7) is 3.15. The fourth-order valence-electron chi connectivity index (χ4n) is 3.99. The van der Waals surface area contributed by atoms with Crippen LogP contribution >= 0.6 is 0 Å². The maximum atomic E-state index is 12.3. The average molecular weight is 460 g/mol. The number of fused-ring (bicyclic) bond motifs is 1. The molecule has 0 aliphatic carbocycles. The zero-order valence-corrected chi connectivity index (χ0v) is 18.9. The number of nitrogens with one attached hydrogen (secondary N) is 2. The smallest absolute Gasteiger partial charge is 0.271 e. The molecule has 0 atom stereocenters. The maximum Gasteiger partial charge on any atom is 0.271 e. The fourth-order valence-corrected chi connectivity index (χ4v) is 3.99. The predicted octanol–water partition coefficient (Wildman–Crippen LogP) is 2.15. The highest BCUT2D eigenvalue weighted by atomic mass is 16.5. The number of aryl methyl sites for hydroxylation is 1. The van der Waals surface area contributed by atoms with Crippen molar-refractivity contribution in [2.75, 3.05) is 48.9 Å². The van der Waals surface area contributed by atoms with E-state index in [2.05, 4.69) is 35.5 Å². The lowest BCUT2D eigenvalue weighted by Crippen LogP contribution is -2.36. The van der Waals surface area contributed by atoms with Crippen molar-refractivity contribution < 1.29 is 9.53 Å². The van der Waals surface area contributed by atoms with Gasteiger partial charge < -0.3 is 30.6 Å². The van der Waals surface area contributed by atoms with Crippen molar-refractivity contribution in [3.63, 3.8) is 0 Å². The zero-order chi connectivity index (χ0) is 23.7. The van der Waals surface area contributed by atoms with Crippen LogP contribution in [0.4, 0.5) is 23.0 Å². The monoisotopic (exact) mass is 459 g/mol. The van der Waals surface area contributed by atoms with Crippen molar-refractivity contribution in [3.8, 4) is 11.3 Å². The van der Waals surface area contributed by atoms with E-state index in [1.54, 1.807) is 25.8 Å². The van der Waals surface area contributed by atoms with E-state index in [9.17, 15) is 4.79 Å². The van der Waals surface area contributed by atoms with Gasteiger partial charge in [-0.05, 0) is 24.3 Å². The number of anilines is 4. The Bertz CT molecular complexity index is 1340. The molecule has 1 saturated heterocycles. The molecule has 0 spiro atoms. The second kappa shape index (κ2) is 8.94. The summed E-state index contributed by atoms with van der Waals surface area (Å²) in [5, 5.41) is 6.25. The van der Waals surface area contributed by atoms with Crippen molar-refractivity contribution in [1.29, 1.82) is 0 Å². The third-order valence-electron chi connectivity index (χ3n) is 5.77. The third-order valence-corrected chi connectivity index (χ3v) is 5.77. The van der Waals surface area contributed by atoms with Gasteiger partial charge in [-0.15, -0.1) is 0 Å². The SMILES string of the molecule is CNc1nc(Nc2ccc(N3CCOCC3)cc2)c(C(N)=O)nc1-c1cncc2c1ncn2C. The van der Waals surface area contributed by atoms with E-state index in [0.29, 0.717) is 22.6 Å². The number of benzene rings is 1. The highest BCUT2D eigenvalue weighted by Crippen LogP contribution is 2.32. The zero-order valence-electron chi connectivity index (χ0n) is 18.9. The van der Waals surface area contributed by atoms with Gasteiger partial charge in [-0.2, -0.15) is 0 Å². The van der Waals surface area contributed by atoms with E-state index in [4.69, 9.17) is 10.5 Å². The van der Waals surface area contributed by atoms with E-state index in [0.717, 1.165) is 43.2 Å². The number of morpholine rings is 1. The summed E-state index contributed by atoms with van der Waals surface area (Å²) in [6.07, 6.45) is 5.08. The molecule has 174 valence electrons. The molecule has 0 bridgehead atoms. The van der Waals surface area contributed by atoms with Gasteiger partial charge in [0, 0.05) is 44.8 Å². The van der Waals surface area contributed by atoms with Crippen LogP contribution in [0.5, 0.6) is 0 Å². The molecular formula is C23H25N9O2. The number of amides is 1. The molecule has 5 rings (SSSR count). The van der Waals surface area contributed by atoms with Gasteiger partial charge in [0.1, 0.15) is 11.2 Å². The first-order valence-corrected chi connectivity index (χ1v) is 10.9. The normalized spacial score (nSPS) is 13.8. The molecule has 1 fully saturated rings. The average Bonchev–Trinajstić information content (AvgIpc) is 3.25. The molecule has 4 aromatic rings. The Morgan fingerprint density at radius 1 is 1.09 bits per heavy atom. The Hall–Kier alpha value is -4.25. The summed E-state index contributed by atoms with van der Waals surface area (Å²) < 4.78 is 7.28. The van der Waals surface area contributed by atoms with E-state index >= 15 is 0 Å². The first kappa shape index (κ1) is 21.6. The number of hydrogen-bond donors (Lipinski definition) is 3. The minimum atomic E-state index is -0.690. The van der Waals surface area contributed by atoms with E-state index in [1.807, 2.05) is 35.9 Å². The van der Waals surface area contributed by atoms with Gasteiger partial charge in [0.25, 0.3) is 5.91 Å². The molecule has 3 aromatic heterocycles. The fraction of sp³-hybridized carbons (Fsp3) is 0.261. The molecule has 4 heterocycles. The summed E-state index contributed by atoms with van der Waals surface area (Å²) >= 11 is 0. The van der Waals surface area contributed by atoms with Gasteiger partial charge >= 0.3 is 0 Å². The summed E-state index contributed by atoms with van der Waals surface area (Å²) in [6, 6.07) is 7.91. The number of rotatable bonds is 6. The minimum Gasteiger partial charge on any atom is -0.378 e. The lowest BCUT2D eigenvalue weighted by Gasteiger charge is -2.29. The third kappa shape index (κ3) is 3.97. The van der Waals surface area contributed by atoms with Crippen LogP contribution in [0, 0.1) is 0 Å². The van der Waals surface area contributed by atoms with Crippen LogP contribution in [0.15, 0.2) is 43.0 Å². The highest BCUT2D eigenvalue weighted by molar-refractivity contribution is 5.99. The van der Waals surface area contributed by atoms with Crippen LogP contribution < -0.4 is 21.3 Å². The molecular weight excluding hydrogens is 434 g/mol. The molecule has 0 saturated carbocycles. The Morgan fingerprint density at radius 2 is 1.85 bits per heavy atom. The number of carbonyl (C=O) groups excluding carboxylic acids is 1. The van der Waals surface area contributed by atoms with Crippen LogP contribution in [0.1, 0.15) is 10.5 Å². The summed E-state index contributed by atoms with van der Waals surface area (Å²) in [5.41, 5.74) is 10.2. The van der Waals surface area contributed by atoms with Gasteiger partial charge in [-0.3, -0.25) is 9.78 Å². The number of imidazole rings is 1. The Kier molecular flexibility index (Phi) is 5.68. The molecule has 1 aromatic carbocycles.